The molecule has 0 aliphatic carbocycles. The minimum atomic E-state index is -2.78. The van der Waals surface area contributed by atoms with Gasteiger partial charge in [0.25, 0.3) is 6.43 Å². The van der Waals surface area contributed by atoms with Crippen LogP contribution in [-0.4, -0.2) is 23.2 Å². The summed E-state index contributed by atoms with van der Waals surface area (Å²) in [7, 11) is 0. The number of hydrogen-bond donors (Lipinski definition) is 0. The molecule has 0 saturated carbocycles. The zero-order chi connectivity index (χ0) is 14.6. The highest BCUT2D eigenvalue weighted by Crippen LogP contribution is 2.26. The van der Waals surface area contributed by atoms with Crippen molar-refractivity contribution in [2.75, 3.05) is 6.61 Å². The standard InChI is InChI=1S/C13H13BrF2O3/c1-3-19-13(18)8-4-5-9(12(15)16)10(6-8)11(17)7(2)14/h4-7,12H,3H2,1-2H3. The second-order valence-electron chi connectivity index (χ2n) is 3.80. The van der Waals surface area contributed by atoms with Crippen molar-refractivity contribution in [3.8, 4) is 0 Å². The third-order valence-corrected chi connectivity index (χ3v) is 2.84. The molecule has 0 N–H and O–H groups in total. The van der Waals surface area contributed by atoms with E-state index in [2.05, 4.69) is 15.9 Å². The number of ether oxygens (including phenoxy) is 1. The Kier molecular flexibility index (Phi) is 5.60. The van der Waals surface area contributed by atoms with Gasteiger partial charge in [0.2, 0.25) is 0 Å². The first kappa shape index (κ1) is 15.8. The molecule has 0 aliphatic rings. The predicted molar refractivity (Wildman–Crippen MR) is 70.1 cm³/mol. The lowest BCUT2D eigenvalue weighted by Crippen LogP contribution is -2.15. The predicted octanol–water partition coefficient (Wildman–Crippen LogP) is 3.77. The Morgan fingerprint density at radius 3 is 2.47 bits per heavy atom. The van der Waals surface area contributed by atoms with Crippen molar-refractivity contribution in [2.45, 2.75) is 25.1 Å². The summed E-state index contributed by atoms with van der Waals surface area (Å²) in [6.07, 6.45) is -2.78. The summed E-state index contributed by atoms with van der Waals surface area (Å²) in [5.41, 5.74) is -0.461. The van der Waals surface area contributed by atoms with Crippen LogP contribution in [0.5, 0.6) is 0 Å². The average molecular weight is 335 g/mol. The van der Waals surface area contributed by atoms with Gasteiger partial charge in [0.1, 0.15) is 0 Å². The molecule has 6 heteroatoms. The van der Waals surface area contributed by atoms with Gasteiger partial charge in [-0.3, -0.25) is 4.79 Å². The van der Waals surface area contributed by atoms with Crippen LogP contribution in [0.15, 0.2) is 18.2 Å². The Morgan fingerprint density at radius 2 is 2.00 bits per heavy atom. The normalized spacial score (nSPS) is 12.3. The number of halogens is 3. The van der Waals surface area contributed by atoms with E-state index in [9.17, 15) is 18.4 Å². The summed E-state index contributed by atoms with van der Waals surface area (Å²) >= 11 is 3.04. The second-order valence-corrected chi connectivity index (χ2v) is 5.18. The molecule has 0 spiro atoms. The van der Waals surface area contributed by atoms with Gasteiger partial charge in [0.05, 0.1) is 17.0 Å². The van der Waals surface area contributed by atoms with E-state index in [0.717, 1.165) is 12.1 Å². The number of alkyl halides is 3. The van der Waals surface area contributed by atoms with Crippen LogP contribution < -0.4 is 0 Å². The molecule has 0 radical (unpaired) electrons. The van der Waals surface area contributed by atoms with Crippen LogP contribution in [0.25, 0.3) is 0 Å². The van der Waals surface area contributed by atoms with Crippen molar-refractivity contribution in [2.24, 2.45) is 0 Å². The molecule has 104 valence electrons. The van der Waals surface area contributed by atoms with Gasteiger partial charge in [-0.25, -0.2) is 13.6 Å². The van der Waals surface area contributed by atoms with Crippen LogP contribution in [0.2, 0.25) is 0 Å². The summed E-state index contributed by atoms with van der Waals surface area (Å²) in [6, 6.07) is 3.47. The van der Waals surface area contributed by atoms with Crippen LogP contribution in [0, 0.1) is 0 Å². The summed E-state index contributed by atoms with van der Waals surface area (Å²) in [5.74, 6) is -1.14. The van der Waals surface area contributed by atoms with Gasteiger partial charge >= 0.3 is 5.97 Å². The molecule has 0 fully saturated rings. The van der Waals surface area contributed by atoms with E-state index < -0.39 is 23.0 Å². The highest BCUT2D eigenvalue weighted by Gasteiger charge is 2.23. The Labute approximate surface area is 118 Å². The molecule has 1 aromatic rings. The maximum Gasteiger partial charge on any atom is 0.338 e. The third kappa shape index (κ3) is 3.83. The van der Waals surface area contributed by atoms with Crippen molar-refractivity contribution >= 4 is 27.7 Å². The zero-order valence-corrected chi connectivity index (χ0v) is 12.0. The second kappa shape index (κ2) is 6.75. The number of ketones is 1. The van der Waals surface area contributed by atoms with Gasteiger partial charge in [-0.1, -0.05) is 22.0 Å². The summed E-state index contributed by atoms with van der Waals surface area (Å²) < 4.78 is 30.5. The van der Waals surface area contributed by atoms with Gasteiger partial charge in [0, 0.05) is 11.1 Å². The number of rotatable bonds is 5. The number of esters is 1. The van der Waals surface area contributed by atoms with E-state index in [0.29, 0.717) is 0 Å². The third-order valence-electron chi connectivity index (χ3n) is 2.43. The highest BCUT2D eigenvalue weighted by molar-refractivity contribution is 9.10. The maximum absolute atomic E-state index is 12.8. The van der Waals surface area contributed by atoms with E-state index >= 15 is 0 Å². The summed E-state index contributed by atoms with van der Waals surface area (Å²) in [5, 5.41) is 0. The molecule has 3 nitrogen and oxygen atoms in total. The molecule has 1 aromatic carbocycles. The molecule has 1 unspecified atom stereocenters. The summed E-state index contributed by atoms with van der Waals surface area (Å²) in [4.78, 5) is 22.8. The molecule has 0 aliphatic heterocycles. The van der Waals surface area contributed by atoms with Crippen molar-refractivity contribution in [1.82, 2.24) is 0 Å². The number of carbonyl (C=O) groups excluding carboxylic acids is 2. The van der Waals surface area contributed by atoms with Crippen LogP contribution in [0.3, 0.4) is 0 Å². The first-order chi connectivity index (χ1) is 8.88. The molecule has 0 saturated heterocycles. The molecule has 0 bridgehead atoms. The van der Waals surface area contributed by atoms with E-state index in [1.807, 2.05) is 0 Å². The van der Waals surface area contributed by atoms with E-state index in [1.54, 1.807) is 6.92 Å². The Balaban J connectivity index is 3.26. The average Bonchev–Trinajstić information content (AvgIpc) is 2.37. The van der Waals surface area contributed by atoms with Crippen LogP contribution in [0.4, 0.5) is 8.78 Å². The SMILES string of the molecule is CCOC(=O)c1ccc(C(F)F)c(C(=O)C(C)Br)c1. The smallest absolute Gasteiger partial charge is 0.338 e. The van der Waals surface area contributed by atoms with E-state index in [4.69, 9.17) is 4.74 Å². The van der Waals surface area contributed by atoms with Gasteiger partial charge in [-0.05, 0) is 26.0 Å². The largest absolute Gasteiger partial charge is 0.462 e. The fourth-order valence-electron chi connectivity index (χ4n) is 1.52. The minimum absolute atomic E-state index is 0.0859. The number of benzene rings is 1. The lowest BCUT2D eigenvalue weighted by atomic mass is 9.99. The van der Waals surface area contributed by atoms with E-state index in [-0.39, 0.29) is 23.3 Å². The first-order valence-electron chi connectivity index (χ1n) is 5.66. The molecule has 1 rings (SSSR count). The first-order valence-corrected chi connectivity index (χ1v) is 6.57. The topological polar surface area (TPSA) is 43.4 Å². The fourth-order valence-corrected chi connectivity index (χ4v) is 1.76. The van der Waals surface area contributed by atoms with Gasteiger partial charge in [-0.15, -0.1) is 0 Å². The molecule has 0 aromatic heterocycles. The Morgan fingerprint density at radius 1 is 1.37 bits per heavy atom. The van der Waals surface area contributed by atoms with Gasteiger partial charge in [0.15, 0.2) is 5.78 Å². The minimum Gasteiger partial charge on any atom is -0.462 e. The fraction of sp³-hybridized carbons (Fsp3) is 0.385. The zero-order valence-electron chi connectivity index (χ0n) is 10.5. The Hall–Kier alpha value is -1.30. The molecule has 1 atom stereocenters. The summed E-state index contributed by atoms with van der Waals surface area (Å²) in [6.45, 7) is 3.35. The number of Topliss-reactive ketones (excluding diaryl/α,β-unsaturated/α-hetero) is 1. The molecule has 0 amide bonds. The molecule has 19 heavy (non-hydrogen) atoms. The monoisotopic (exact) mass is 334 g/mol. The lowest BCUT2D eigenvalue weighted by molar-refractivity contribution is 0.0526. The van der Waals surface area contributed by atoms with Crippen LogP contribution in [0.1, 0.15) is 46.6 Å². The molecular formula is C13H13BrF2O3. The number of carbonyl (C=O) groups is 2. The molecule has 0 heterocycles. The van der Waals surface area contributed by atoms with Crippen molar-refractivity contribution < 1.29 is 23.1 Å². The lowest BCUT2D eigenvalue weighted by Gasteiger charge is -2.11. The molecular weight excluding hydrogens is 322 g/mol. The highest BCUT2D eigenvalue weighted by atomic mass is 79.9. The van der Waals surface area contributed by atoms with Crippen molar-refractivity contribution in [3.63, 3.8) is 0 Å². The van der Waals surface area contributed by atoms with Crippen molar-refractivity contribution in [1.29, 1.82) is 0 Å². The van der Waals surface area contributed by atoms with Crippen LogP contribution in [-0.2, 0) is 4.74 Å². The number of hydrogen-bond acceptors (Lipinski definition) is 3. The van der Waals surface area contributed by atoms with Crippen molar-refractivity contribution in [3.05, 3.63) is 34.9 Å². The van der Waals surface area contributed by atoms with Gasteiger partial charge in [-0.2, -0.15) is 0 Å². The van der Waals surface area contributed by atoms with E-state index in [1.165, 1.54) is 13.0 Å². The Bertz CT molecular complexity index is 487. The van der Waals surface area contributed by atoms with Crippen LogP contribution >= 0.6 is 15.9 Å². The quantitative estimate of drug-likeness (QED) is 0.467. The maximum atomic E-state index is 12.8. The van der Waals surface area contributed by atoms with Gasteiger partial charge < -0.3 is 4.74 Å².